The van der Waals surface area contributed by atoms with Crippen LogP contribution in [-0.4, -0.2) is 23.4 Å². The molecule has 0 unspecified atom stereocenters. The lowest BCUT2D eigenvalue weighted by molar-refractivity contribution is 0.0954. The van der Waals surface area contributed by atoms with Crippen LogP contribution in [0, 0.1) is 6.92 Å². The Morgan fingerprint density at radius 1 is 1.17 bits per heavy atom. The second-order valence-corrected chi connectivity index (χ2v) is 6.17. The maximum Gasteiger partial charge on any atom is 0.273 e. The van der Waals surface area contributed by atoms with Crippen molar-refractivity contribution in [2.24, 2.45) is 5.10 Å². The molecule has 2 aromatic carbocycles. The summed E-state index contributed by atoms with van der Waals surface area (Å²) in [6.45, 7) is 1.83. The standard InChI is InChI=1S/C19H17N3OS/c1-13-17(11-15-5-3-4-6-18(15)21-13)19(23)22-20-12-14-7-9-16(24-2)10-8-14/h3-12H,1-2H3,(H,22,23). The summed E-state index contributed by atoms with van der Waals surface area (Å²) in [7, 11) is 0. The van der Waals surface area contributed by atoms with Crippen molar-refractivity contribution < 1.29 is 4.79 Å². The van der Waals surface area contributed by atoms with Gasteiger partial charge in [0.05, 0.1) is 23.0 Å². The van der Waals surface area contributed by atoms with E-state index >= 15 is 0 Å². The molecule has 1 N–H and O–H groups in total. The molecule has 120 valence electrons. The quantitative estimate of drug-likeness (QED) is 0.445. The number of carbonyl (C=O) groups excluding carboxylic acids is 1. The lowest BCUT2D eigenvalue weighted by atomic mass is 10.1. The first-order chi connectivity index (χ1) is 11.7. The van der Waals surface area contributed by atoms with Crippen molar-refractivity contribution in [1.29, 1.82) is 0 Å². The van der Waals surface area contributed by atoms with E-state index in [1.165, 1.54) is 4.90 Å². The molecule has 1 amide bonds. The Labute approximate surface area is 145 Å². The molecule has 0 aliphatic rings. The number of aromatic nitrogens is 1. The highest BCUT2D eigenvalue weighted by Crippen LogP contribution is 2.16. The summed E-state index contributed by atoms with van der Waals surface area (Å²) in [6, 6.07) is 17.5. The predicted molar refractivity (Wildman–Crippen MR) is 99.8 cm³/mol. The molecule has 0 fully saturated rings. The molecule has 0 spiro atoms. The van der Waals surface area contributed by atoms with Gasteiger partial charge >= 0.3 is 0 Å². The Hall–Kier alpha value is -2.66. The maximum absolute atomic E-state index is 12.3. The van der Waals surface area contributed by atoms with Gasteiger partial charge in [-0.2, -0.15) is 5.10 Å². The molecule has 24 heavy (non-hydrogen) atoms. The topological polar surface area (TPSA) is 54.4 Å². The van der Waals surface area contributed by atoms with Crippen molar-refractivity contribution in [3.8, 4) is 0 Å². The summed E-state index contributed by atoms with van der Waals surface area (Å²) in [6.07, 6.45) is 3.66. The third kappa shape index (κ3) is 3.63. The van der Waals surface area contributed by atoms with Crippen molar-refractivity contribution in [2.45, 2.75) is 11.8 Å². The van der Waals surface area contributed by atoms with Crippen LogP contribution in [0.5, 0.6) is 0 Å². The molecule has 1 aromatic heterocycles. The van der Waals surface area contributed by atoms with Gasteiger partial charge in [0.2, 0.25) is 0 Å². The van der Waals surface area contributed by atoms with E-state index in [1.807, 2.05) is 67.8 Å². The van der Waals surface area contributed by atoms with Crippen molar-refractivity contribution >= 4 is 34.8 Å². The Bertz CT molecular complexity index is 904. The van der Waals surface area contributed by atoms with Gasteiger partial charge in [-0.25, -0.2) is 5.43 Å². The summed E-state index contributed by atoms with van der Waals surface area (Å²) < 4.78 is 0. The summed E-state index contributed by atoms with van der Waals surface area (Å²) >= 11 is 1.68. The van der Waals surface area contributed by atoms with Crippen LogP contribution in [0.15, 0.2) is 64.6 Å². The minimum absolute atomic E-state index is 0.261. The minimum atomic E-state index is -0.261. The zero-order valence-corrected chi connectivity index (χ0v) is 14.3. The number of benzene rings is 2. The summed E-state index contributed by atoms with van der Waals surface area (Å²) in [4.78, 5) is 18.0. The van der Waals surface area contributed by atoms with Gasteiger partial charge in [-0.05, 0) is 43.0 Å². The van der Waals surface area contributed by atoms with E-state index in [2.05, 4.69) is 15.5 Å². The smallest absolute Gasteiger partial charge is 0.267 e. The molecule has 4 nitrogen and oxygen atoms in total. The van der Waals surface area contributed by atoms with E-state index < -0.39 is 0 Å². The summed E-state index contributed by atoms with van der Waals surface area (Å²) in [5.74, 6) is -0.261. The number of hydrogen-bond acceptors (Lipinski definition) is 4. The number of carbonyl (C=O) groups is 1. The molecule has 0 radical (unpaired) electrons. The van der Waals surface area contributed by atoms with Gasteiger partial charge in [0, 0.05) is 10.3 Å². The number of hydrogen-bond donors (Lipinski definition) is 1. The largest absolute Gasteiger partial charge is 0.273 e. The fraction of sp³-hybridized carbons (Fsp3) is 0.105. The van der Waals surface area contributed by atoms with Crippen LogP contribution < -0.4 is 5.43 Å². The van der Waals surface area contributed by atoms with Gasteiger partial charge < -0.3 is 0 Å². The monoisotopic (exact) mass is 335 g/mol. The second kappa shape index (κ2) is 7.27. The van der Waals surface area contributed by atoms with Crippen LogP contribution in [0.1, 0.15) is 21.6 Å². The van der Waals surface area contributed by atoms with Crippen LogP contribution in [0.4, 0.5) is 0 Å². The highest BCUT2D eigenvalue weighted by atomic mass is 32.2. The van der Waals surface area contributed by atoms with E-state index in [9.17, 15) is 4.79 Å². The average Bonchev–Trinajstić information content (AvgIpc) is 2.61. The lowest BCUT2D eigenvalue weighted by Crippen LogP contribution is -2.19. The van der Waals surface area contributed by atoms with Crippen molar-refractivity contribution in [3.63, 3.8) is 0 Å². The van der Waals surface area contributed by atoms with E-state index in [0.29, 0.717) is 11.3 Å². The van der Waals surface area contributed by atoms with Crippen LogP contribution >= 0.6 is 11.8 Å². The van der Waals surface area contributed by atoms with Crippen molar-refractivity contribution in [3.05, 3.63) is 71.4 Å². The van der Waals surface area contributed by atoms with Crippen LogP contribution in [0.2, 0.25) is 0 Å². The van der Waals surface area contributed by atoms with Crippen LogP contribution in [0.25, 0.3) is 10.9 Å². The highest BCUT2D eigenvalue weighted by molar-refractivity contribution is 7.98. The second-order valence-electron chi connectivity index (χ2n) is 5.29. The average molecular weight is 335 g/mol. The molecule has 5 heteroatoms. The molecule has 0 bridgehead atoms. The van der Waals surface area contributed by atoms with Gasteiger partial charge in [0.15, 0.2) is 0 Å². The van der Waals surface area contributed by atoms with Crippen molar-refractivity contribution in [1.82, 2.24) is 10.4 Å². The molecule has 3 rings (SSSR count). The first-order valence-electron chi connectivity index (χ1n) is 7.51. The normalized spacial score (nSPS) is 11.1. The fourth-order valence-electron chi connectivity index (χ4n) is 2.36. The number of pyridine rings is 1. The minimum Gasteiger partial charge on any atom is -0.267 e. The van der Waals surface area contributed by atoms with Crippen molar-refractivity contribution in [2.75, 3.05) is 6.26 Å². The highest BCUT2D eigenvalue weighted by Gasteiger charge is 2.10. The number of nitrogens with one attached hydrogen (secondary N) is 1. The number of nitrogens with zero attached hydrogens (tertiary/aromatic N) is 2. The molecule has 0 saturated heterocycles. The molecule has 1 heterocycles. The number of hydrazone groups is 1. The third-order valence-corrected chi connectivity index (χ3v) is 4.40. The molecule has 0 atom stereocenters. The van der Waals surface area contributed by atoms with Crippen LogP contribution in [-0.2, 0) is 0 Å². The molecule has 0 saturated carbocycles. The molecular formula is C19H17N3OS. The number of amides is 1. The lowest BCUT2D eigenvalue weighted by Gasteiger charge is -2.06. The van der Waals surface area contributed by atoms with E-state index in [-0.39, 0.29) is 5.91 Å². The predicted octanol–water partition coefficient (Wildman–Crippen LogP) is 4.03. The number of fused-ring (bicyclic) bond motifs is 1. The SMILES string of the molecule is CSc1ccc(C=NNC(=O)c2cc3ccccc3nc2C)cc1. The fourth-order valence-corrected chi connectivity index (χ4v) is 2.77. The molecule has 0 aliphatic carbocycles. The van der Waals surface area contributed by atoms with E-state index in [1.54, 1.807) is 18.0 Å². The van der Waals surface area contributed by atoms with Gasteiger partial charge in [0.25, 0.3) is 5.91 Å². The number of rotatable bonds is 4. The summed E-state index contributed by atoms with van der Waals surface area (Å²) in [5, 5.41) is 4.97. The van der Waals surface area contributed by atoms with Gasteiger partial charge in [0.1, 0.15) is 0 Å². The Morgan fingerprint density at radius 2 is 1.92 bits per heavy atom. The zero-order chi connectivity index (χ0) is 16.9. The van der Waals surface area contributed by atoms with E-state index in [4.69, 9.17) is 0 Å². The molecule has 0 aliphatic heterocycles. The Kier molecular flexibility index (Phi) is 4.91. The maximum atomic E-state index is 12.3. The zero-order valence-electron chi connectivity index (χ0n) is 13.5. The Morgan fingerprint density at radius 3 is 2.67 bits per heavy atom. The number of thioether (sulfide) groups is 1. The first-order valence-corrected chi connectivity index (χ1v) is 8.74. The van der Waals surface area contributed by atoms with Crippen LogP contribution in [0.3, 0.4) is 0 Å². The third-order valence-electron chi connectivity index (χ3n) is 3.65. The number of aryl methyl sites for hydroxylation is 1. The number of para-hydroxylation sites is 1. The van der Waals surface area contributed by atoms with Gasteiger partial charge in [-0.1, -0.05) is 30.3 Å². The molecule has 3 aromatic rings. The summed E-state index contributed by atoms with van der Waals surface area (Å²) in [5.41, 5.74) is 5.59. The van der Waals surface area contributed by atoms with E-state index in [0.717, 1.165) is 16.5 Å². The molecular weight excluding hydrogens is 318 g/mol. The van der Waals surface area contributed by atoms with Gasteiger partial charge in [-0.3, -0.25) is 9.78 Å². The van der Waals surface area contributed by atoms with Gasteiger partial charge in [-0.15, -0.1) is 11.8 Å². The Balaban J connectivity index is 1.74. The first kappa shape index (κ1) is 16.2.